The Kier molecular flexibility index (Phi) is 61.9. The molecule has 1 rings (SSSR count). The maximum atomic E-state index is 13.5. The molecule has 8 atom stereocenters. The maximum Gasteiger partial charge on any atom is 0.306 e. The molecule has 518 valence electrons. The lowest BCUT2D eigenvalue weighted by molar-refractivity contribution is -0.305. The number of esters is 1. The highest BCUT2D eigenvalue weighted by atomic mass is 16.7. The highest BCUT2D eigenvalue weighted by Gasteiger charge is 2.47. The Morgan fingerprint density at radius 1 is 0.443 bits per heavy atom. The molecular weight excluding hydrogens is 1100 g/mol. The molecule has 11 nitrogen and oxygen atoms in total. The molecule has 88 heavy (non-hydrogen) atoms. The van der Waals surface area contributed by atoms with Crippen molar-refractivity contribution in [3.05, 3.63) is 36.5 Å². The van der Waals surface area contributed by atoms with Gasteiger partial charge >= 0.3 is 5.97 Å². The molecule has 0 radical (unpaired) electrons. The summed E-state index contributed by atoms with van der Waals surface area (Å²) in [7, 11) is 0. The fraction of sp³-hybridized carbons (Fsp3) is 0.896. The molecule has 0 saturated carbocycles. The van der Waals surface area contributed by atoms with E-state index in [1.54, 1.807) is 6.08 Å². The molecule has 1 aliphatic rings. The number of unbranched alkanes of at least 4 members (excludes halogenated alkanes) is 49. The first kappa shape index (κ1) is 83.9. The quantitative estimate of drug-likeness (QED) is 0.0195. The number of rotatable bonds is 67. The van der Waals surface area contributed by atoms with Gasteiger partial charge < -0.3 is 45.1 Å². The lowest BCUT2D eigenvalue weighted by Gasteiger charge is -2.41. The molecule has 0 aromatic heterocycles. The molecular formula is C77H145NO10. The molecule has 0 aromatic carbocycles. The largest absolute Gasteiger partial charge is 0.454 e. The minimum Gasteiger partial charge on any atom is -0.454 e. The molecule has 1 amide bonds. The Morgan fingerprint density at radius 3 is 1.18 bits per heavy atom. The zero-order valence-corrected chi connectivity index (χ0v) is 57.9. The zero-order valence-electron chi connectivity index (χ0n) is 57.9. The van der Waals surface area contributed by atoms with E-state index < -0.39 is 67.4 Å². The predicted molar refractivity (Wildman–Crippen MR) is 371 cm³/mol. The first-order valence-electron chi connectivity index (χ1n) is 38.3. The van der Waals surface area contributed by atoms with E-state index in [1.165, 1.54) is 263 Å². The molecule has 11 heteroatoms. The fourth-order valence-electron chi connectivity index (χ4n) is 12.3. The van der Waals surface area contributed by atoms with Crippen LogP contribution in [0.4, 0.5) is 0 Å². The van der Waals surface area contributed by atoms with Crippen LogP contribution in [0.25, 0.3) is 0 Å². The summed E-state index contributed by atoms with van der Waals surface area (Å²) in [5.41, 5.74) is 0. The average Bonchev–Trinajstić information content (AvgIpc) is 2.78. The van der Waals surface area contributed by atoms with E-state index in [0.29, 0.717) is 19.3 Å². The van der Waals surface area contributed by atoms with Crippen LogP contribution >= 0.6 is 0 Å². The predicted octanol–water partition coefficient (Wildman–Crippen LogP) is 20.1. The van der Waals surface area contributed by atoms with Gasteiger partial charge in [-0.3, -0.25) is 9.59 Å². The zero-order chi connectivity index (χ0) is 63.9. The number of hydrogen-bond acceptors (Lipinski definition) is 10. The van der Waals surface area contributed by atoms with Gasteiger partial charge in [0.05, 0.1) is 25.4 Å². The first-order chi connectivity index (χ1) is 43.2. The smallest absolute Gasteiger partial charge is 0.306 e. The van der Waals surface area contributed by atoms with Crippen molar-refractivity contribution in [2.24, 2.45) is 0 Å². The molecule has 6 N–H and O–H groups in total. The van der Waals surface area contributed by atoms with Crippen LogP contribution in [-0.4, -0.2) is 99.6 Å². The third-order valence-electron chi connectivity index (χ3n) is 18.3. The van der Waals surface area contributed by atoms with Crippen LogP contribution < -0.4 is 5.32 Å². The second kappa shape index (κ2) is 65.0. The summed E-state index contributed by atoms with van der Waals surface area (Å²) in [4.78, 5) is 26.7. The lowest BCUT2D eigenvalue weighted by Crippen LogP contribution is -2.61. The van der Waals surface area contributed by atoms with Crippen LogP contribution in [0.15, 0.2) is 36.5 Å². The summed E-state index contributed by atoms with van der Waals surface area (Å²) < 4.78 is 17.7. The van der Waals surface area contributed by atoms with Crippen molar-refractivity contribution in [1.82, 2.24) is 5.32 Å². The summed E-state index contributed by atoms with van der Waals surface area (Å²) in [6.07, 6.45) is 70.6. The number of nitrogens with one attached hydrogen (secondary N) is 1. The van der Waals surface area contributed by atoms with Gasteiger partial charge in [-0.05, 0) is 57.8 Å². The van der Waals surface area contributed by atoms with Gasteiger partial charge in [0.2, 0.25) is 5.91 Å². The van der Waals surface area contributed by atoms with Crippen molar-refractivity contribution in [2.45, 2.75) is 429 Å². The normalized spacial score (nSPS) is 18.3. The summed E-state index contributed by atoms with van der Waals surface area (Å²) in [5, 5.41) is 57.3. The van der Waals surface area contributed by atoms with Gasteiger partial charge in [-0.15, -0.1) is 0 Å². The number of hydrogen-bond donors (Lipinski definition) is 6. The van der Waals surface area contributed by atoms with E-state index >= 15 is 0 Å². The summed E-state index contributed by atoms with van der Waals surface area (Å²) in [6, 6.07) is -1.02. The van der Waals surface area contributed by atoms with E-state index in [4.69, 9.17) is 14.2 Å². The highest BCUT2D eigenvalue weighted by molar-refractivity contribution is 5.80. The Bertz CT molecular complexity index is 1570. The van der Waals surface area contributed by atoms with Crippen molar-refractivity contribution in [3.63, 3.8) is 0 Å². The van der Waals surface area contributed by atoms with E-state index in [9.17, 15) is 35.1 Å². The Hall–Kier alpha value is -2.12. The Morgan fingerprint density at radius 2 is 0.784 bits per heavy atom. The van der Waals surface area contributed by atoms with Crippen LogP contribution in [0.1, 0.15) is 380 Å². The molecule has 1 aliphatic heterocycles. The second-order valence-electron chi connectivity index (χ2n) is 26.7. The average molecular weight is 1250 g/mol. The third kappa shape index (κ3) is 51.4. The Labute approximate surface area is 543 Å². The molecule has 0 spiro atoms. The second-order valence-corrected chi connectivity index (χ2v) is 26.7. The number of ether oxygens (including phenoxy) is 3. The van der Waals surface area contributed by atoms with Gasteiger partial charge in [0.1, 0.15) is 24.4 Å². The van der Waals surface area contributed by atoms with Crippen molar-refractivity contribution in [1.29, 1.82) is 0 Å². The van der Waals surface area contributed by atoms with Crippen molar-refractivity contribution < 1.29 is 49.3 Å². The number of aliphatic hydroxyl groups is 5. The van der Waals surface area contributed by atoms with E-state index in [1.807, 2.05) is 6.08 Å². The lowest BCUT2D eigenvalue weighted by atomic mass is 9.99. The van der Waals surface area contributed by atoms with Crippen LogP contribution in [-0.2, 0) is 23.8 Å². The minimum absolute atomic E-state index is 0.129. The third-order valence-corrected chi connectivity index (χ3v) is 18.3. The summed E-state index contributed by atoms with van der Waals surface area (Å²) >= 11 is 0. The number of carbonyl (C=O) groups excluding carboxylic acids is 2. The number of amides is 1. The maximum absolute atomic E-state index is 13.5. The number of aliphatic hydroxyl groups excluding tert-OH is 5. The molecule has 1 saturated heterocycles. The van der Waals surface area contributed by atoms with Crippen LogP contribution in [0.5, 0.6) is 0 Å². The van der Waals surface area contributed by atoms with Crippen molar-refractivity contribution in [2.75, 3.05) is 13.2 Å². The topological polar surface area (TPSA) is 175 Å². The van der Waals surface area contributed by atoms with Crippen molar-refractivity contribution >= 4 is 11.9 Å². The summed E-state index contributed by atoms with van der Waals surface area (Å²) in [5.74, 6) is -1.18. The molecule has 1 heterocycles. The van der Waals surface area contributed by atoms with Crippen LogP contribution in [0.3, 0.4) is 0 Å². The molecule has 8 unspecified atom stereocenters. The SMILES string of the molecule is CCCCC/C=C\C/C=C\CCCCCCCCCCCCC(O)C(=O)NC(COC1OC(CO)C(O)C(O)C1OC(=O)CCCCCCCCCCCCCCCCCCCCCCCCCCCCC)C(O)/C=C/CCCCCCCCCCCC. The Balaban J connectivity index is 2.50. The van der Waals surface area contributed by atoms with Crippen molar-refractivity contribution in [3.8, 4) is 0 Å². The number of carbonyl (C=O) groups is 2. The summed E-state index contributed by atoms with van der Waals surface area (Å²) in [6.45, 7) is 5.83. The molecule has 1 fully saturated rings. The van der Waals surface area contributed by atoms with Gasteiger partial charge in [-0.25, -0.2) is 0 Å². The minimum atomic E-state index is -1.61. The first-order valence-corrected chi connectivity index (χ1v) is 38.3. The molecule has 0 bridgehead atoms. The van der Waals surface area contributed by atoms with E-state index in [0.717, 1.165) is 70.6 Å². The monoisotopic (exact) mass is 1240 g/mol. The number of allylic oxidation sites excluding steroid dienone is 5. The van der Waals surface area contributed by atoms with E-state index in [-0.39, 0.29) is 13.0 Å². The van der Waals surface area contributed by atoms with Gasteiger partial charge in [-0.2, -0.15) is 0 Å². The van der Waals surface area contributed by atoms with E-state index in [2.05, 4.69) is 50.4 Å². The van der Waals surface area contributed by atoms with Gasteiger partial charge in [0, 0.05) is 6.42 Å². The van der Waals surface area contributed by atoms with Gasteiger partial charge in [-0.1, -0.05) is 353 Å². The standard InChI is InChI=1S/C77H145NO10/c1-4-7-10-13-16-19-22-25-27-29-31-33-34-35-36-37-38-39-41-43-45-47-50-53-56-59-62-65-72(82)88-75-74(84)73(83)71(66-79)87-77(75)86-67-68(69(80)63-60-57-54-51-48-24-21-18-15-12-9-6-3)78-76(85)70(81)64-61-58-55-52-49-46-44-42-40-32-30-28-26-23-20-17-14-11-8-5-2/h17,20,26,28,60,63,68-71,73-75,77,79-81,83-84H,4-16,18-19,21-25,27,29-59,61-62,64-67H2,1-3H3,(H,78,85)/b20-17-,28-26-,63-60+. The van der Waals surface area contributed by atoms with Crippen LogP contribution in [0.2, 0.25) is 0 Å². The highest BCUT2D eigenvalue weighted by Crippen LogP contribution is 2.27. The fourth-order valence-corrected chi connectivity index (χ4v) is 12.3. The molecule has 0 aliphatic carbocycles. The van der Waals surface area contributed by atoms with Gasteiger partial charge in [0.25, 0.3) is 0 Å². The van der Waals surface area contributed by atoms with Crippen LogP contribution in [0, 0.1) is 0 Å². The molecule has 0 aromatic rings. The van der Waals surface area contributed by atoms with Gasteiger partial charge in [0.15, 0.2) is 12.4 Å².